The SMILES string of the molecule is Nc1cnccc1-c1cc(F)c(C(=O)Nc2cnc(-n3nccn3)c(Cl)c2)cc1C1COC1. The molecule has 9 nitrogen and oxygen atoms in total. The van der Waals surface area contributed by atoms with Gasteiger partial charge in [0.1, 0.15) is 5.82 Å². The van der Waals surface area contributed by atoms with Crippen LogP contribution in [-0.2, 0) is 4.74 Å². The number of nitrogens with two attached hydrogens (primary N) is 1. The van der Waals surface area contributed by atoms with Crippen molar-refractivity contribution in [1.29, 1.82) is 0 Å². The van der Waals surface area contributed by atoms with E-state index >= 15 is 4.39 Å². The highest BCUT2D eigenvalue weighted by Gasteiger charge is 2.27. The molecule has 0 saturated carbocycles. The van der Waals surface area contributed by atoms with Crippen LogP contribution in [0.15, 0.2) is 55.2 Å². The fourth-order valence-electron chi connectivity index (χ4n) is 3.57. The van der Waals surface area contributed by atoms with E-state index in [0.717, 1.165) is 5.56 Å². The van der Waals surface area contributed by atoms with Gasteiger partial charge in [-0.3, -0.25) is 9.78 Å². The minimum absolute atomic E-state index is 0.0247. The lowest BCUT2D eigenvalue weighted by molar-refractivity contribution is 0.00859. The first-order valence-corrected chi connectivity index (χ1v) is 10.3. The Hall–Kier alpha value is -3.89. The van der Waals surface area contributed by atoms with Crippen molar-refractivity contribution in [1.82, 2.24) is 25.0 Å². The monoisotopic (exact) mass is 465 g/mol. The molecule has 4 heterocycles. The van der Waals surface area contributed by atoms with Crippen molar-refractivity contribution in [2.24, 2.45) is 0 Å². The Balaban J connectivity index is 1.47. The Bertz CT molecular complexity index is 1340. The molecule has 3 aromatic heterocycles. The van der Waals surface area contributed by atoms with Gasteiger partial charge in [-0.2, -0.15) is 10.2 Å². The van der Waals surface area contributed by atoms with Crippen LogP contribution in [0.1, 0.15) is 21.8 Å². The highest BCUT2D eigenvalue weighted by molar-refractivity contribution is 6.32. The Kier molecular flexibility index (Phi) is 5.45. The molecule has 0 radical (unpaired) electrons. The van der Waals surface area contributed by atoms with Crippen LogP contribution in [0.2, 0.25) is 5.02 Å². The van der Waals surface area contributed by atoms with Crippen LogP contribution in [0.25, 0.3) is 16.9 Å². The summed E-state index contributed by atoms with van der Waals surface area (Å²) in [7, 11) is 0. The standard InChI is InChI=1S/C22H17ClFN7O2/c23-18-5-13(8-27-21(18)31-28-3-4-29-31)30-22(32)17-6-15(12-10-33-11-12)16(7-19(17)24)14-1-2-26-9-20(14)25/h1-9,12H,10-11,25H2,(H,30,32). The van der Waals surface area contributed by atoms with Gasteiger partial charge in [-0.1, -0.05) is 11.6 Å². The number of nitrogens with zero attached hydrogens (tertiary/aromatic N) is 5. The Labute approximate surface area is 192 Å². The van der Waals surface area contributed by atoms with Crippen LogP contribution in [0.5, 0.6) is 0 Å². The van der Waals surface area contributed by atoms with Crippen molar-refractivity contribution >= 4 is 28.9 Å². The molecule has 1 saturated heterocycles. The lowest BCUT2D eigenvalue weighted by Gasteiger charge is -2.29. The molecule has 33 heavy (non-hydrogen) atoms. The number of carbonyl (C=O) groups excluding carboxylic acids is 1. The molecular weight excluding hydrogens is 449 g/mol. The van der Waals surface area contributed by atoms with E-state index in [4.69, 9.17) is 22.1 Å². The molecule has 11 heteroatoms. The molecule has 4 aromatic rings. The summed E-state index contributed by atoms with van der Waals surface area (Å²) in [6.07, 6.45) is 7.47. The number of rotatable bonds is 5. The first-order valence-electron chi connectivity index (χ1n) is 9.96. The number of aromatic nitrogens is 5. The van der Waals surface area contributed by atoms with Gasteiger partial charge in [-0.05, 0) is 35.4 Å². The molecule has 0 spiro atoms. The number of carbonyl (C=O) groups is 1. The second-order valence-corrected chi connectivity index (χ2v) is 7.83. The van der Waals surface area contributed by atoms with E-state index < -0.39 is 11.7 Å². The molecular formula is C22H17ClFN7O2. The highest BCUT2D eigenvalue weighted by Crippen LogP contribution is 2.37. The van der Waals surface area contributed by atoms with Gasteiger partial charge in [0, 0.05) is 17.7 Å². The summed E-state index contributed by atoms with van der Waals surface area (Å²) < 4.78 is 20.4. The zero-order valence-corrected chi connectivity index (χ0v) is 17.8. The van der Waals surface area contributed by atoms with Crippen molar-refractivity contribution in [2.75, 3.05) is 24.3 Å². The van der Waals surface area contributed by atoms with Gasteiger partial charge in [-0.25, -0.2) is 9.37 Å². The summed E-state index contributed by atoms with van der Waals surface area (Å²) >= 11 is 6.26. The minimum atomic E-state index is -0.681. The maximum Gasteiger partial charge on any atom is 0.258 e. The van der Waals surface area contributed by atoms with Crippen LogP contribution in [-0.4, -0.2) is 44.1 Å². The Morgan fingerprint density at radius 2 is 1.94 bits per heavy atom. The lowest BCUT2D eigenvalue weighted by Crippen LogP contribution is -2.26. The summed E-state index contributed by atoms with van der Waals surface area (Å²) in [5, 5.41) is 10.8. The van der Waals surface area contributed by atoms with Gasteiger partial charge in [0.15, 0.2) is 5.82 Å². The summed E-state index contributed by atoms with van der Waals surface area (Å²) in [4.78, 5) is 22.4. The zero-order chi connectivity index (χ0) is 22.9. The molecule has 0 unspecified atom stereocenters. The third kappa shape index (κ3) is 4.01. The smallest absolute Gasteiger partial charge is 0.258 e. The first-order chi connectivity index (χ1) is 16.0. The van der Waals surface area contributed by atoms with Crippen LogP contribution >= 0.6 is 11.6 Å². The molecule has 0 aliphatic carbocycles. The fraction of sp³-hybridized carbons (Fsp3) is 0.136. The fourth-order valence-corrected chi connectivity index (χ4v) is 3.81. The first kappa shape index (κ1) is 21.0. The maximum absolute atomic E-state index is 15.1. The number of hydrogen-bond donors (Lipinski definition) is 2. The number of nitrogen functional groups attached to an aromatic ring is 1. The minimum Gasteiger partial charge on any atom is -0.397 e. The third-order valence-electron chi connectivity index (χ3n) is 5.29. The van der Waals surface area contributed by atoms with Crippen LogP contribution in [0, 0.1) is 5.82 Å². The Morgan fingerprint density at radius 1 is 1.15 bits per heavy atom. The summed E-state index contributed by atoms with van der Waals surface area (Å²) in [5.74, 6) is -0.987. The molecule has 5 rings (SSSR count). The zero-order valence-electron chi connectivity index (χ0n) is 17.1. The van der Waals surface area contributed by atoms with E-state index in [-0.39, 0.29) is 16.5 Å². The van der Waals surface area contributed by atoms with E-state index in [2.05, 4.69) is 25.5 Å². The molecule has 1 aliphatic rings. The van der Waals surface area contributed by atoms with Crippen molar-refractivity contribution < 1.29 is 13.9 Å². The molecule has 1 aliphatic heterocycles. The predicted octanol–water partition coefficient (Wildman–Crippen LogP) is 3.47. The molecule has 0 bridgehead atoms. The molecule has 166 valence electrons. The van der Waals surface area contributed by atoms with Crippen LogP contribution < -0.4 is 11.1 Å². The number of halogens is 2. The molecule has 1 amide bonds. The van der Waals surface area contributed by atoms with Gasteiger partial charge >= 0.3 is 0 Å². The van der Waals surface area contributed by atoms with E-state index in [0.29, 0.717) is 41.5 Å². The third-order valence-corrected chi connectivity index (χ3v) is 5.57. The summed E-state index contributed by atoms with van der Waals surface area (Å²) in [5.41, 5.74) is 8.72. The van der Waals surface area contributed by atoms with Crippen molar-refractivity contribution in [2.45, 2.75) is 5.92 Å². The highest BCUT2D eigenvalue weighted by atomic mass is 35.5. The number of amides is 1. The molecule has 3 N–H and O–H groups in total. The van der Waals surface area contributed by atoms with E-state index in [1.807, 2.05) is 0 Å². The second-order valence-electron chi connectivity index (χ2n) is 7.42. The average molecular weight is 466 g/mol. The van der Waals surface area contributed by atoms with Crippen molar-refractivity contribution in [3.05, 3.63) is 77.2 Å². The molecule has 1 aromatic carbocycles. The maximum atomic E-state index is 15.1. The number of anilines is 2. The number of benzene rings is 1. The largest absolute Gasteiger partial charge is 0.397 e. The van der Waals surface area contributed by atoms with Gasteiger partial charge in [-0.15, -0.1) is 4.80 Å². The van der Waals surface area contributed by atoms with Gasteiger partial charge in [0.2, 0.25) is 0 Å². The van der Waals surface area contributed by atoms with Crippen molar-refractivity contribution in [3.63, 3.8) is 0 Å². The van der Waals surface area contributed by atoms with Gasteiger partial charge < -0.3 is 15.8 Å². The second kappa shape index (κ2) is 8.57. The summed E-state index contributed by atoms with van der Waals surface area (Å²) in [6, 6.07) is 6.09. The lowest BCUT2D eigenvalue weighted by atomic mass is 9.87. The Morgan fingerprint density at radius 3 is 2.61 bits per heavy atom. The van der Waals surface area contributed by atoms with E-state index in [1.54, 1.807) is 18.3 Å². The number of pyridine rings is 2. The number of ether oxygens (including phenoxy) is 1. The van der Waals surface area contributed by atoms with E-state index in [1.165, 1.54) is 41.7 Å². The van der Waals surface area contributed by atoms with Crippen molar-refractivity contribution in [3.8, 4) is 16.9 Å². The quantitative estimate of drug-likeness (QED) is 0.463. The normalized spacial score (nSPS) is 13.5. The number of hydrogen-bond acceptors (Lipinski definition) is 7. The predicted molar refractivity (Wildman–Crippen MR) is 120 cm³/mol. The van der Waals surface area contributed by atoms with E-state index in [9.17, 15) is 4.79 Å². The van der Waals surface area contributed by atoms with Crippen LogP contribution in [0.4, 0.5) is 15.8 Å². The molecule has 1 fully saturated rings. The topological polar surface area (TPSA) is 121 Å². The van der Waals surface area contributed by atoms with Crippen LogP contribution in [0.3, 0.4) is 0 Å². The van der Waals surface area contributed by atoms with Gasteiger partial charge in [0.05, 0.1) is 60.0 Å². The van der Waals surface area contributed by atoms with Gasteiger partial charge in [0.25, 0.3) is 5.91 Å². The average Bonchev–Trinajstić information content (AvgIpc) is 3.28. The molecule has 0 atom stereocenters. The summed E-state index contributed by atoms with van der Waals surface area (Å²) in [6.45, 7) is 0.959. The number of nitrogens with one attached hydrogen (secondary N) is 1.